The van der Waals surface area contributed by atoms with Crippen LogP contribution in [0.25, 0.3) is 0 Å². The number of benzene rings is 1. The third-order valence-corrected chi connectivity index (χ3v) is 1.83. The molecular formula is C10H11NO2. The van der Waals surface area contributed by atoms with Gasteiger partial charge in [0.15, 0.2) is 0 Å². The van der Waals surface area contributed by atoms with Crippen LogP contribution >= 0.6 is 0 Å². The largest absolute Gasteiger partial charge is 0.369 e. The van der Waals surface area contributed by atoms with Crippen molar-refractivity contribution in [1.29, 1.82) is 0 Å². The molecule has 1 amide bonds. The van der Waals surface area contributed by atoms with Crippen molar-refractivity contribution >= 4 is 12.2 Å². The molecule has 13 heavy (non-hydrogen) atoms. The zero-order valence-corrected chi connectivity index (χ0v) is 7.14. The maximum Gasteiger partial charge on any atom is 0.228 e. The van der Waals surface area contributed by atoms with Crippen LogP contribution in [0.4, 0.5) is 0 Å². The minimum atomic E-state index is -0.706. The Bertz CT molecular complexity index is 295. The SMILES string of the molecule is NC(=O)[C@H](C=O)Cc1ccccc1. The Morgan fingerprint density at radius 3 is 2.46 bits per heavy atom. The number of nitrogens with two attached hydrogens (primary N) is 1. The number of carbonyl (C=O) groups excluding carboxylic acids is 2. The molecule has 0 aliphatic carbocycles. The van der Waals surface area contributed by atoms with Crippen LogP contribution in [0, 0.1) is 5.92 Å². The fraction of sp³-hybridized carbons (Fsp3) is 0.200. The quantitative estimate of drug-likeness (QED) is 0.538. The smallest absolute Gasteiger partial charge is 0.228 e. The van der Waals surface area contributed by atoms with E-state index < -0.39 is 11.8 Å². The maximum absolute atomic E-state index is 10.7. The second-order valence-corrected chi connectivity index (χ2v) is 2.83. The number of carbonyl (C=O) groups is 2. The van der Waals surface area contributed by atoms with E-state index in [4.69, 9.17) is 5.73 Å². The molecule has 0 radical (unpaired) electrons. The van der Waals surface area contributed by atoms with Gasteiger partial charge in [-0.25, -0.2) is 0 Å². The number of amides is 1. The summed E-state index contributed by atoms with van der Waals surface area (Å²) in [4.78, 5) is 21.2. The third-order valence-electron chi connectivity index (χ3n) is 1.83. The van der Waals surface area contributed by atoms with Crippen LogP contribution < -0.4 is 5.73 Å². The average molecular weight is 177 g/mol. The Kier molecular flexibility index (Phi) is 3.20. The van der Waals surface area contributed by atoms with Crippen LogP contribution in [0.15, 0.2) is 30.3 Å². The molecule has 3 nitrogen and oxygen atoms in total. The van der Waals surface area contributed by atoms with Gasteiger partial charge < -0.3 is 10.5 Å². The highest BCUT2D eigenvalue weighted by Gasteiger charge is 2.13. The lowest BCUT2D eigenvalue weighted by Crippen LogP contribution is -2.26. The van der Waals surface area contributed by atoms with Gasteiger partial charge in [-0.05, 0) is 12.0 Å². The molecule has 1 aromatic rings. The van der Waals surface area contributed by atoms with Crippen LogP contribution in [0.5, 0.6) is 0 Å². The number of hydrogen-bond acceptors (Lipinski definition) is 2. The van der Waals surface area contributed by atoms with Crippen molar-refractivity contribution in [3.8, 4) is 0 Å². The van der Waals surface area contributed by atoms with Gasteiger partial charge in [-0.3, -0.25) is 4.79 Å². The van der Waals surface area contributed by atoms with Crippen molar-refractivity contribution in [3.63, 3.8) is 0 Å². The first kappa shape index (κ1) is 9.45. The lowest BCUT2D eigenvalue weighted by molar-refractivity contribution is -0.126. The first-order valence-corrected chi connectivity index (χ1v) is 4.02. The molecule has 3 heteroatoms. The van der Waals surface area contributed by atoms with Gasteiger partial charge in [0.05, 0.1) is 5.92 Å². The lowest BCUT2D eigenvalue weighted by Gasteiger charge is -2.04. The van der Waals surface area contributed by atoms with Crippen molar-refractivity contribution in [2.45, 2.75) is 6.42 Å². The van der Waals surface area contributed by atoms with Gasteiger partial charge >= 0.3 is 0 Å². The topological polar surface area (TPSA) is 60.2 Å². The Labute approximate surface area is 76.6 Å². The van der Waals surface area contributed by atoms with Gasteiger partial charge in [0.2, 0.25) is 5.91 Å². The van der Waals surface area contributed by atoms with E-state index in [-0.39, 0.29) is 0 Å². The molecule has 0 spiro atoms. The Morgan fingerprint density at radius 2 is 2.00 bits per heavy atom. The molecule has 0 heterocycles. The van der Waals surface area contributed by atoms with Crippen molar-refractivity contribution < 1.29 is 9.59 Å². The molecular weight excluding hydrogens is 166 g/mol. The Morgan fingerprint density at radius 1 is 1.38 bits per heavy atom. The van der Waals surface area contributed by atoms with Gasteiger partial charge in [-0.2, -0.15) is 0 Å². The van der Waals surface area contributed by atoms with Crippen LogP contribution in [0.1, 0.15) is 5.56 Å². The van der Waals surface area contributed by atoms with E-state index in [0.29, 0.717) is 12.7 Å². The van der Waals surface area contributed by atoms with Crippen molar-refractivity contribution in [2.24, 2.45) is 11.7 Å². The molecule has 68 valence electrons. The summed E-state index contributed by atoms with van der Waals surface area (Å²) in [6, 6.07) is 9.32. The summed E-state index contributed by atoms with van der Waals surface area (Å²) >= 11 is 0. The van der Waals surface area contributed by atoms with Crippen molar-refractivity contribution in [2.75, 3.05) is 0 Å². The van der Waals surface area contributed by atoms with Crippen LogP contribution in [-0.2, 0) is 16.0 Å². The lowest BCUT2D eigenvalue weighted by atomic mass is 10.0. The van der Waals surface area contributed by atoms with E-state index in [1.807, 2.05) is 30.3 Å². The molecule has 0 fully saturated rings. The first-order chi connectivity index (χ1) is 6.24. The highest BCUT2D eigenvalue weighted by atomic mass is 16.2. The average Bonchev–Trinajstić information content (AvgIpc) is 2.15. The summed E-state index contributed by atoms with van der Waals surface area (Å²) in [6.07, 6.45) is 0.981. The first-order valence-electron chi connectivity index (χ1n) is 4.02. The summed E-state index contributed by atoms with van der Waals surface area (Å²) < 4.78 is 0. The van der Waals surface area contributed by atoms with E-state index >= 15 is 0 Å². The zero-order valence-electron chi connectivity index (χ0n) is 7.14. The van der Waals surface area contributed by atoms with Crippen molar-refractivity contribution in [1.82, 2.24) is 0 Å². The standard InChI is InChI=1S/C10H11NO2/c11-10(13)9(7-12)6-8-4-2-1-3-5-8/h1-5,7,9H,6H2,(H2,11,13)/t9-/m0/s1. The zero-order chi connectivity index (χ0) is 9.68. The number of rotatable bonds is 4. The van der Waals surface area contributed by atoms with Gasteiger partial charge in [0.1, 0.15) is 6.29 Å². The monoisotopic (exact) mass is 177 g/mol. The molecule has 1 aromatic carbocycles. The van der Waals surface area contributed by atoms with Gasteiger partial charge in [0, 0.05) is 0 Å². The number of aldehydes is 1. The second kappa shape index (κ2) is 4.40. The predicted octanol–water partition coefficient (Wildman–Crippen LogP) is 0.529. The molecule has 0 bridgehead atoms. The highest BCUT2D eigenvalue weighted by molar-refractivity contribution is 5.90. The van der Waals surface area contributed by atoms with Crippen LogP contribution in [0.3, 0.4) is 0 Å². The van der Waals surface area contributed by atoms with Gasteiger partial charge in [-0.15, -0.1) is 0 Å². The molecule has 0 saturated heterocycles. The molecule has 0 aliphatic heterocycles. The van der Waals surface area contributed by atoms with Gasteiger partial charge in [-0.1, -0.05) is 30.3 Å². The third kappa shape index (κ3) is 2.71. The second-order valence-electron chi connectivity index (χ2n) is 2.83. The van der Waals surface area contributed by atoms with Crippen LogP contribution in [-0.4, -0.2) is 12.2 Å². The fourth-order valence-electron chi connectivity index (χ4n) is 1.08. The summed E-state index contributed by atoms with van der Waals surface area (Å²) in [7, 11) is 0. The molecule has 0 saturated carbocycles. The minimum absolute atomic E-state index is 0.389. The maximum atomic E-state index is 10.7. The molecule has 0 aromatic heterocycles. The number of primary amides is 1. The molecule has 1 rings (SSSR count). The molecule has 0 unspecified atom stereocenters. The Hall–Kier alpha value is -1.64. The molecule has 1 atom stereocenters. The van der Waals surface area contributed by atoms with E-state index in [0.717, 1.165) is 5.56 Å². The van der Waals surface area contributed by atoms with E-state index in [2.05, 4.69) is 0 Å². The summed E-state index contributed by atoms with van der Waals surface area (Å²) in [5.41, 5.74) is 5.97. The highest BCUT2D eigenvalue weighted by Crippen LogP contribution is 2.05. The van der Waals surface area contributed by atoms with Crippen molar-refractivity contribution in [3.05, 3.63) is 35.9 Å². The van der Waals surface area contributed by atoms with E-state index in [1.54, 1.807) is 0 Å². The predicted molar refractivity (Wildman–Crippen MR) is 48.9 cm³/mol. The van der Waals surface area contributed by atoms with Crippen LogP contribution in [0.2, 0.25) is 0 Å². The summed E-state index contributed by atoms with van der Waals surface area (Å²) in [6.45, 7) is 0. The molecule has 2 N–H and O–H groups in total. The van der Waals surface area contributed by atoms with E-state index in [1.165, 1.54) is 0 Å². The number of hydrogen-bond donors (Lipinski definition) is 1. The minimum Gasteiger partial charge on any atom is -0.369 e. The van der Waals surface area contributed by atoms with E-state index in [9.17, 15) is 9.59 Å². The fourth-order valence-corrected chi connectivity index (χ4v) is 1.08. The molecule has 0 aliphatic rings. The normalized spacial score (nSPS) is 12.0. The summed E-state index contributed by atoms with van der Waals surface area (Å²) in [5, 5.41) is 0. The van der Waals surface area contributed by atoms with Gasteiger partial charge in [0.25, 0.3) is 0 Å². The Balaban J connectivity index is 2.67. The summed E-state index contributed by atoms with van der Waals surface area (Å²) in [5.74, 6) is -1.28.